The summed E-state index contributed by atoms with van der Waals surface area (Å²) in [5.74, 6) is -0.227. The van der Waals surface area contributed by atoms with Gasteiger partial charge in [0.2, 0.25) is 0 Å². The van der Waals surface area contributed by atoms with Gasteiger partial charge in [-0.2, -0.15) is 5.26 Å². The maximum absolute atomic E-state index is 12.1. The number of amides is 1. The van der Waals surface area contributed by atoms with Crippen molar-refractivity contribution in [2.24, 2.45) is 0 Å². The average molecular weight is 307 g/mol. The molecular weight excluding hydrogens is 286 g/mol. The molecule has 1 aliphatic rings. The van der Waals surface area contributed by atoms with Gasteiger partial charge in [-0.25, -0.2) is 0 Å². The fourth-order valence-electron chi connectivity index (χ4n) is 2.67. The van der Waals surface area contributed by atoms with Gasteiger partial charge in [-0.3, -0.25) is 4.79 Å². The Bertz CT molecular complexity index is 567. The van der Waals surface area contributed by atoms with Crippen LogP contribution in [0, 0.1) is 11.3 Å². The molecule has 7 heteroatoms. The van der Waals surface area contributed by atoms with Crippen molar-refractivity contribution in [3.63, 3.8) is 0 Å². The molecule has 1 amide bonds. The first-order valence-corrected chi connectivity index (χ1v) is 7.77. The molecule has 2 heterocycles. The Balaban J connectivity index is 2.28. The van der Waals surface area contributed by atoms with Crippen molar-refractivity contribution in [2.45, 2.75) is 18.9 Å². The van der Waals surface area contributed by atoms with Crippen LogP contribution in [-0.4, -0.2) is 51.1 Å². The van der Waals surface area contributed by atoms with Gasteiger partial charge in [0.05, 0.1) is 11.3 Å². The zero-order chi connectivity index (χ0) is 15.6. The minimum absolute atomic E-state index is 0.227. The molecule has 1 aromatic heterocycles. The normalized spacial score (nSPS) is 16.0. The first-order valence-electron chi connectivity index (χ1n) is 6.95. The summed E-state index contributed by atoms with van der Waals surface area (Å²) in [6.45, 7) is 1.75. The van der Waals surface area contributed by atoms with Crippen LogP contribution in [0.1, 0.15) is 28.1 Å². The van der Waals surface area contributed by atoms with Crippen molar-refractivity contribution in [3.05, 3.63) is 10.4 Å². The van der Waals surface area contributed by atoms with Crippen LogP contribution in [0.2, 0.25) is 0 Å². The fourth-order valence-corrected chi connectivity index (χ4v) is 3.73. The van der Waals surface area contributed by atoms with Crippen molar-refractivity contribution in [1.29, 1.82) is 5.26 Å². The van der Waals surface area contributed by atoms with Crippen LogP contribution in [0.15, 0.2) is 0 Å². The molecule has 1 aromatic rings. The lowest BCUT2D eigenvalue weighted by Crippen LogP contribution is -2.42. The van der Waals surface area contributed by atoms with Crippen molar-refractivity contribution >= 4 is 27.9 Å². The van der Waals surface area contributed by atoms with Crippen molar-refractivity contribution < 1.29 is 4.79 Å². The number of hydrogen-bond donors (Lipinski definition) is 2. The molecule has 0 aliphatic carbocycles. The quantitative estimate of drug-likeness (QED) is 0.873. The van der Waals surface area contributed by atoms with Crippen LogP contribution >= 0.6 is 11.3 Å². The highest BCUT2D eigenvalue weighted by atomic mass is 32.1. The summed E-state index contributed by atoms with van der Waals surface area (Å²) < 4.78 is 0. The predicted molar refractivity (Wildman–Crippen MR) is 85.8 cm³/mol. The molecule has 114 valence electrons. The number of nitriles is 1. The van der Waals surface area contributed by atoms with Gasteiger partial charge in [-0.1, -0.05) is 0 Å². The standard InChI is InChI=1S/C14H21N5OS/c1-17-13(20)11-12(16)10(8-15)21-14(11)19-6-4-9(5-7-19)18(2)3/h9H,4-7,16H2,1-3H3,(H,17,20). The summed E-state index contributed by atoms with van der Waals surface area (Å²) >= 11 is 1.31. The Hall–Kier alpha value is -1.78. The second-order valence-corrected chi connectivity index (χ2v) is 6.40. The van der Waals surface area contributed by atoms with E-state index in [1.165, 1.54) is 11.3 Å². The van der Waals surface area contributed by atoms with E-state index in [1.807, 2.05) is 0 Å². The molecule has 0 aromatic carbocycles. The highest BCUT2D eigenvalue weighted by molar-refractivity contribution is 7.17. The molecule has 1 aliphatic heterocycles. The lowest BCUT2D eigenvalue weighted by molar-refractivity contribution is 0.0964. The van der Waals surface area contributed by atoms with Gasteiger partial charge in [0, 0.05) is 26.2 Å². The summed E-state index contributed by atoms with van der Waals surface area (Å²) in [6, 6.07) is 2.65. The average Bonchev–Trinajstić information content (AvgIpc) is 2.83. The highest BCUT2D eigenvalue weighted by Crippen LogP contribution is 2.39. The van der Waals surface area contributed by atoms with Gasteiger partial charge >= 0.3 is 0 Å². The number of piperidine rings is 1. The number of anilines is 2. The van der Waals surface area contributed by atoms with E-state index in [9.17, 15) is 4.79 Å². The number of carbonyl (C=O) groups is 1. The van der Waals surface area contributed by atoms with Gasteiger partial charge in [-0.05, 0) is 26.9 Å². The second kappa shape index (κ2) is 6.33. The monoisotopic (exact) mass is 307 g/mol. The molecule has 2 rings (SSSR count). The summed E-state index contributed by atoms with van der Waals surface area (Å²) in [7, 11) is 5.76. The second-order valence-electron chi connectivity index (χ2n) is 5.40. The number of thiophene rings is 1. The minimum atomic E-state index is -0.227. The molecule has 0 radical (unpaired) electrons. The minimum Gasteiger partial charge on any atom is -0.396 e. The van der Waals surface area contributed by atoms with Crippen LogP contribution in [0.5, 0.6) is 0 Å². The Morgan fingerprint density at radius 3 is 2.57 bits per heavy atom. The Labute approximate surface area is 129 Å². The molecule has 6 nitrogen and oxygen atoms in total. The van der Waals surface area contributed by atoms with Crippen molar-refractivity contribution in [1.82, 2.24) is 10.2 Å². The predicted octanol–water partition coefficient (Wildman–Crippen LogP) is 1.09. The maximum Gasteiger partial charge on any atom is 0.256 e. The number of nitrogens with zero attached hydrogens (tertiary/aromatic N) is 3. The SMILES string of the molecule is CNC(=O)c1c(N2CCC(N(C)C)CC2)sc(C#N)c1N. The summed E-state index contributed by atoms with van der Waals surface area (Å²) in [5.41, 5.74) is 6.71. The first kappa shape index (κ1) is 15.6. The van der Waals surface area contributed by atoms with Gasteiger partial charge in [0.15, 0.2) is 0 Å². The van der Waals surface area contributed by atoms with Crippen molar-refractivity contribution in [3.8, 4) is 6.07 Å². The third-order valence-electron chi connectivity index (χ3n) is 3.96. The van der Waals surface area contributed by atoms with Crippen LogP contribution in [0.25, 0.3) is 0 Å². The molecule has 0 spiro atoms. The summed E-state index contributed by atoms with van der Waals surface area (Å²) in [4.78, 5) is 16.9. The Kier molecular flexibility index (Phi) is 4.70. The van der Waals surface area contributed by atoms with Gasteiger partial charge in [-0.15, -0.1) is 11.3 Å². The topological polar surface area (TPSA) is 85.4 Å². The largest absolute Gasteiger partial charge is 0.396 e. The zero-order valence-corrected chi connectivity index (χ0v) is 13.5. The lowest BCUT2D eigenvalue weighted by Gasteiger charge is -2.36. The smallest absolute Gasteiger partial charge is 0.256 e. The Morgan fingerprint density at radius 2 is 2.10 bits per heavy atom. The fraction of sp³-hybridized carbons (Fsp3) is 0.571. The molecule has 0 atom stereocenters. The first-order chi connectivity index (χ1) is 9.99. The van der Waals surface area contributed by atoms with E-state index in [1.54, 1.807) is 7.05 Å². The zero-order valence-electron chi connectivity index (χ0n) is 12.6. The third-order valence-corrected chi connectivity index (χ3v) is 5.14. The van der Waals surface area contributed by atoms with E-state index in [2.05, 4.69) is 35.3 Å². The van der Waals surface area contributed by atoms with E-state index in [4.69, 9.17) is 11.0 Å². The molecule has 0 saturated carbocycles. The van der Waals surface area contributed by atoms with E-state index in [0.29, 0.717) is 22.2 Å². The van der Waals surface area contributed by atoms with Crippen LogP contribution in [0.4, 0.5) is 10.7 Å². The van der Waals surface area contributed by atoms with E-state index < -0.39 is 0 Å². The number of nitrogens with two attached hydrogens (primary N) is 1. The molecule has 3 N–H and O–H groups in total. The van der Waals surface area contributed by atoms with Gasteiger partial charge in [0.1, 0.15) is 15.9 Å². The number of nitrogen functional groups attached to an aromatic ring is 1. The number of carbonyl (C=O) groups excluding carboxylic acids is 1. The number of rotatable bonds is 3. The maximum atomic E-state index is 12.1. The molecule has 0 unspecified atom stereocenters. The van der Waals surface area contributed by atoms with Crippen LogP contribution in [0.3, 0.4) is 0 Å². The molecule has 1 saturated heterocycles. The summed E-state index contributed by atoms with van der Waals surface area (Å²) in [6.07, 6.45) is 2.08. The molecule has 0 bridgehead atoms. The van der Waals surface area contributed by atoms with Crippen LogP contribution < -0.4 is 16.0 Å². The summed E-state index contributed by atoms with van der Waals surface area (Å²) in [5, 5.41) is 12.6. The molecule has 1 fully saturated rings. The number of nitrogens with one attached hydrogen (secondary N) is 1. The van der Waals surface area contributed by atoms with Crippen LogP contribution in [-0.2, 0) is 0 Å². The molecule has 21 heavy (non-hydrogen) atoms. The third kappa shape index (κ3) is 2.96. The Morgan fingerprint density at radius 1 is 1.48 bits per heavy atom. The van der Waals surface area contributed by atoms with E-state index >= 15 is 0 Å². The van der Waals surface area contributed by atoms with Crippen molar-refractivity contribution in [2.75, 3.05) is 44.9 Å². The van der Waals surface area contributed by atoms with Gasteiger partial charge < -0.3 is 20.9 Å². The molecular formula is C14H21N5OS. The van der Waals surface area contributed by atoms with Gasteiger partial charge in [0.25, 0.3) is 5.91 Å². The highest BCUT2D eigenvalue weighted by Gasteiger charge is 2.28. The lowest BCUT2D eigenvalue weighted by atomic mass is 10.0. The number of hydrogen-bond acceptors (Lipinski definition) is 6. The van der Waals surface area contributed by atoms with E-state index in [0.717, 1.165) is 30.9 Å². The van der Waals surface area contributed by atoms with E-state index in [-0.39, 0.29) is 5.91 Å².